The van der Waals surface area contributed by atoms with E-state index in [4.69, 9.17) is 15.0 Å². The number of nitrogens with two attached hydrogens (primary N) is 1. The van der Waals surface area contributed by atoms with Gasteiger partial charge in [0.25, 0.3) is 5.56 Å². The van der Waals surface area contributed by atoms with Gasteiger partial charge in [0.1, 0.15) is 6.54 Å². The minimum atomic E-state index is -4.66. The summed E-state index contributed by atoms with van der Waals surface area (Å²) in [6.45, 7) is 5.31. The zero-order valence-corrected chi connectivity index (χ0v) is 22.9. The summed E-state index contributed by atoms with van der Waals surface area (Å²) in [6.07, 6.45) is 2.80. The van der Waals surface area contributed by atoms with Crippen molar-refractivity contribution in [1.82, 2.24) is 25.0 Å². The molecule has 1 unspecified atom stereocenters. The van der Waals surface area contributed by atoms with Gasteiger partial charge in [-0.2, -0.15) is 18.2 Å². The maximum absolute atomic E-state index is 13.5. The Bertz CT molecular complexity index is 1560. The number of rotatable bonds is 9. The highest BCUT2D eigenvalue weighted by Crippen LogP contribution is 2.34. The van der Waals surface area contributed by atoms with E-state index in [0.717, 1.165) is 22.3 Å². The summed E-state index contributed by atoms with van der Waals surface area (Å²) < 4.78 is 51.4. The van der Waals surface area contributed by atoms with Gasteiger partial charge in [-0.25, -0.2) is 4.98 Å². The quantitative estimate of drug-likeness (QED) is 0.324. The van der Waals surface area contributed by atoms with Gasteiger partial charge in [-0.1, -0.05) is 30.3 Å². The molecule has 1 amide bonds. The second kappa shape index (κ2) is 11.5. The molecule has 41 heavy (non-hydrogen) atoms. The van der Waals surface area contributed by atoms with Crippen molar-refractivity contribution in [3.63, 3.8) is 0 Å². The van der Waals surface area contributed by atoms with Crippen LogP contribution in [0, 0.1) is 5.41 Å². The molecule has 0 fully saturated rings. The summed E-state index contributed by atoms with van der Waals surface area (Å²) >= 11 is 0. The molecular weight excluding hydrogens is 543 g/mol. The van der Waals surface area contributed by atoms with Crippen molar-refractivity contribution in [2.24, 2.45) is 5.41 Å². The summed E-state index contributed by atoms with van der Waals surface area (Å²) in [6, 6.07) is 2.81. The molecule has 1 atom stereocenters. The van der Waals surface area contributed by atoms with Gasteiger partial charge >= 0.3 is 12.3 Å². The number of hydrogen-bond acceptors (Lipinski definition) is 9. The lowest BCUT2D eigenvalue weighted by Gasteiger charge is -2.28. The van der Waals surface area contributed by atoms with Crippen molar-refractivity contribution in [2.45, 2.75) is 46.0 Å². The number of nitrogens with zero attached hydrogens (tertiary/aromatic N) is 4. The van der Waals surface area contributed by atoms with E-state index >= 15 is 0 Å². The molecule has 3 aromatic rings. The molecule has 1 aliphatic rings. The van der Waals surface area contributed by atoms with E-state index in [2.05, 4.69) is 25.8 Å². The van der Waals surface area contributed by atoms with E-state index in [0.29, 0.717) is 12.2 Å². The van der Waals surface area contributed by atoms with Crippen LogP contribution in [-0.2, 0) is 17.5 Å². The first-order valence-corrected chi connectivity index (χ1v) is 12.7. The largest absolute Gasteiger partial charge is 0.452 e. The van der Waals surface area contributed by atoms with Crippen LogP contribution in [0.1, 0.15) is 38.6 Å². The molecule has 2 heterocycles. The summed E-state index contributed by atoms with van der Waals surface area (Å²) in [5.41, 5.74) is 4.26. The van der Waals surface area contributed by atoms with E-state index in [9.17, 15) is 22.8 Å². The van der Waals surface area contributed by atoms with Crippen LogP contribution in [0.3, 0.4) is 0 Å². The number of hydrogen-bond donors (Lipinski definition) is 3. The third kappa shape index (κ3) is 6.94. The number of nitrogen functional groups attached to an aromatic ring is 1. The lowest BCUT2D eigenvalue weighted by molar-refractivity contribution is -0.137. The average molecular weight is 574 g/mol. The predicted molar refractivity (Wildman–Crippen MR) is 146 cm³/mol. The number of anilines is 2. The number of allylic oxidation sites excluding steroid dienone is 3. The molecule has 0 bridgehead atoms. The molecule has 0 saturated carbocycles. The highest BCUT2D eigenvalue weighted by Gasteiger charge is 2.32. The van der Waals surface area contributed by atoms with Gasteiger partial charge in [0.15, 0.2) is 5.82 Å². The first-order valence-electron chi connectivity index (χ1n) is 12.7. The van der Waals surface area contributed by atoms with Crippen molar-refractivity contribution < 1.29 is 27.2 Å². The number of ether oxygens (including phenoxy) is 1. The molecule has 14 heteroatoms. The van der Waals surface area contributed by atoms with Gasteiger partial charge in [-0.15, -0.1) is 0 Å². The first-order chi connectivity index (χ1) is 19.3. The number of halogens is 3. The first kappa shape index (κ1) is 29.4. The molecule has 1 aliphatic carbocycles. The maximum atomic E-state index is 13.5. The highest BCUT2D eigenvalue weighted by atomic mass is 19.4. The SMILES string of the molecule is COc1nc(C2=CCC(C)(CNC(=O)Cn3c(-c4cc(N)cc(C(F)(F)F)c4)cnc(NC(C)C)c3=O)C=C2)no1. The van der Waals surface area contributed by atoms with Crippen LogP contribution >= 0.6 is 0 Å². The highest BCUT2D eigenvalue weighted by molar-refractivity contribution is 5.77. The predicted octanol–water partition coefficient (Wildman–Crippen LogP) is 3.89. The Morgan fingerprint density at radius 1 is 1.29 bits per heavy atom. The second-order valence-electron chi connectivity index (χ2n) is 10.2. The number of aromatic nitrogens is 4. The fourth-order valence-electron chi connectivity index (χ4n) is 4.19. The number of nitrogens with one attached hydrogen (secondary N) is 2. The van der Waals surface area contributed by atoms with Crippen molar-refractivity contribution >= 4 is 23.0 Å². The molecule has 0 saturated heterocycles. The summed E-state index contributed by atoms with van der Waals surface area (Å²) in [7, 11) is 1.42. The van der Waals surface area contributed by atoms with Crippen LogP contribution in [0.25, 0.3) is 16.8 Å². The van der Waals surface area contributed by atoms with Crippen LogP contribution in [0.2, 0.25) is 0 Å². The normalized spacial score (nSPS) is 16.9. The van der Waals surface area contributed by atoms with Crippen LogP contribution in [-0.4, -0.2) is 45.3 Å². The van der Waals surface area contributed by atoms with Gasteiger partial charge in [0, 0.05) is 34.8 Å². The molecule has 4 N–H and O–H groups in total. The lowest BCUT2D eigenvalue weighted by atomic mass is 9.81. The van der Waals surface area contributed by atoms with Crippen LogP contribution in [0.4, 0.5) is 24.7 Å². The van der Waals surface area contributed by atoms with Gasteiger partial charge in [0.2, 0.25) is 11.7 Å². The van der Waals surface area contributed by atoms with Crippen LogP contribution in [0.15, 0.2) is 51.9 Å². The monoisotopic (exact) mass is 573 g/mol. The van der Waals surface area contributed by atoms with Gasteiger partial charge in [-0.05, 0) is 38.5 Å². The van der Waals surface area contributed by atoms with Crippen molar-refractivity contribution in [3.8, 4) is 17.3 Å². The summed E-state index contributed by atoms with van der Waals surface area (Å²) in [4.78, 5) is 34.6. The van der Waals surface area contributed by atoms with E-state index in [1.807, 2.05) is 25.2 Å². The number of alkyl halides is 3. The van der Waals surface area contributed by atoms with Crippen molar-refractivity contribution in [1.29, 1.82) is 0 Å². The Hall–Kier alpha value is -4.62. The van der Waals surface area contributed by atoms with E-state index in [1.165, 1.54) is 19.4 Å². The number of amides is 1. The number of carbonyl (C=O) groups excluding carboxylic acids is 1. The van der Waals surface area contributed by atoms with Crippen molar-refractivity contribution in [2.75, 3.05) is 24.7 Å². The smallest absolute Gasteiger partial charge is 0.417 e. The summed E-state index contributed by atoms with van der Waals surface area (Å²) in [5, 5.41) is 9.59. The maximum Gasteiger partial charge on any atom is 0.417 e. The van der Waals surface area contributed by atoms with Gasteiger partial charge in [-0.3, -0.25) is 18.7 Å². The summed E-state index contributed by atoms with van der Waals surface area (Å²) in [5.74, 6) is -0.174. The van der Waals surface area contributed by atoms with Gasteiger partial charge in [0.05, 0.1) is 24.6 Å². The van der Waals surface area contributed by atoms with Gasteiger partial charge < -0.3 is 21.1 Å². The third-order valence-electron chi connectivity index (χ3n) is 6.34. The fraction of sp³-hybridized carbons (Fsp3) is 0.370. The Morgan fingerprint density at radius 3 is 2.66 bits per heavy atom. The average Bonchev–Trinajstić information content (AvgIpc) is 3.39. The molecule has 0 radical (unpaired) electrons. The Labute approximate surface area is 233 Å². The zero-order valence-electron chi connectivity index (χ0n) is 22.9. The number of methoxy groups -OCH3 is 1. The molecule has 1 aromatic carbocycles. The Morgan fingerprint density at radius 2 is 2.05 bits per heavy atom. The Kier molecular flexibility index (Phi) is 8.22. The third-order valence-corrected chi connectivity index (χ3v) is 6.34. The molecule has 0 aliphatic heterocycles. The number of benzene rings is 1. The molecule has 2 aromatic heterocycles. The molecule has 218 valence electrons. The molecule has 11 nitrogen and oxygen atoms in total. The molecule has 4 rings (SSSR count). The van der Waals surface area contributed by atoms with Crippen LogP contribution in [0.5, 0.6) is 6.08 Å². The zero-order chi connectivity index (χ0) is 29.9. The minimum Gasteiger partial charge on any atom is -0.452 e. The molecule has 0 spiro atoms. The van der Waals surface area contributed by atoms with E-state index in [1.54, 1.807) is 13.8 Å². The van der Waals surface area contributed by atoms with E-state index < -0.39 is 35.2 Å². The van der Waals surface area contributed by atoms with E-state index in [-0.39, 0.29) is 41.4 Å². The second-order valence-corrected chi connectivity index (χ2v) is 10.2. The standard InChI is InChI=1S/C27H30F3N7O4/c1-15(2)34-23-24(39)37(20(12-32-23)17-9-18(27(28,29)30)11-19(31)10-17)13-21(38)33-14-26(3)7-5-16(6-8-26)22-35-25(40-4)41-36-22/h5-7,9-12,15H,8,13-14,31H2,1-4H3,(H,32,34)(H,33,38). The molecular formula is C27H30F3N7O4. The Balaban J connectivity index is 1.55. The minimum absolute atomic E-state index is 0.00348. The fourth-order valence-corrected chi connectivity index (χ4v) is 4.19. The van der Waals surface area contributed by atoms with Crippen LogP contribution < -0.4 is 26.7 Å². The van der Waals surface area contributed by atoms with Crippen molar-refractivity contribution in [3.05, 3.63) is 64.4 Å². The topological polar surface area (TPSA) is 150 Å². The number of carbonyl (C=O) groups is 1. The lowest BCUT2D eigenvalue weighted by Crippen LogP contribution is -2.39.